The standard InChI is InChI=1S/C18H20N6S/c1-11-21-15(13-4-8-25-16(13)22-11)24-7-2-5-18(10-24)6-3-12-9-20-17(19)23-14(12)18/h4,8-9H,2-3,5-7,10H2,1H3,(H2,19,20,23). The van der Waals surface area contributed by atoms with Crippen LogP contribution in [-0.4, -0.2) is 33.0 Å². The normalized spacial score (nSPS) is 22.7. The Morgan fingerprint density at radius 3 is 3.08 bits per heavy atom. The fourth-order valence-corrected chi connectivity index (χ4v) is 5.25. The topological polar surface area (TPSA) is 80.8 Å². The van der Waals surface area contributed by atoms with Crippen molar-refractivity contribution in [2.24, 2.45) is 0 Å². The largest absolute Gasteiger partial charge is 0.368 e. The maximum absolute atomic E-state index is 5.89. The molecule has 2 N–H and O–H groups in total. The molecule has 0 aromatic carbocycles. The molecule has 1 atom stereocenters. The van der Waals surface area contributed by atoms with Crippen LogP contribution in [0.3, 0.4) is 0 Å². The van der Waals surface area contributed by atoms with E-state index in [0.717, 1.165) is 66.3 Å². The van der Waals surface area contributed by atoms with Crippen molar-refractivity contribution in [3.05, 3.63) is 34.7 Å². The predicted octanol–water partition coefficient (Wildman–Crippen LogP) is 2.86. The van der Waals surface area contributed by atoms with Crippen molar-refractivity contribution in [2.75, 3.05) is 23.7 Å². The lowest BCUT2D eigenvalue weighted by Gasteiger charge is -2.41. The lowest BCUT2D eigenvalue weighted by Crippen LogP contribution is -2.46. The second-order valence-electron chi connectivity index (χ2n) is 7.14. The first-order valence-corrected chi connectivity index (χ1v) is 9.61. The van der Waals surface area contributed by atoms with Crippen LogP contribution in [0, 0.1) is 6.92 Å². The van der Waals surface area contributed by atoms with Crippen LogP contribution in [0.25, 0.3) is 10.2 Å². The summed E-state index contributed by atoms with van der Waals surface area (Å²) in [7, 11) is 0. The molecule has 25 heavy (non-hydrogen) atoms. The third-order valence-electron chi connectivity index (χ3n) is 5.55. The minimum atomic E-state index is 0.0752. The van der Waals surface area contributed by atoms with Crippen LogP contribution in [0.1, 0.15) is 36.3 Å². The molecule has 0 saturated carbocycles. The molecule has 1 fully saturated rings. The van der Waals surface area contributed by atoms with E-state index in [1.807, 2.05) is 13.1 Å². The molecule has 0 bridgehead atoms. The summed E-state index contributed by atoms with van der Waals surface area (Å²) in [4.78, 5) is 21.7. The minimum absolute atomic E-state index is 0.0752. The number of nitrogens with zero attached hydrogens (tertiary/aromatic N) is 5. The number of aryl methyl sites for hydroxylation is 2. The van der Waals surface area contributed by atoms with E-state index in [0.29, 0.717) is 5.95 Å². The van der Waals surface area contributed by atoms with Crippen LogP contribution in [-0.2, 0) is 11.8 Å². The predicted molar refractivity (Wildman–Crippen MR) is 100 cm³/mol. The summed E-state index contributed by atoms with van der Waals surface area (Å²) in [6.07, 6.45) is 6.37. The summed E-state index contributed by atoms with van der Waals surface area (Å²) in [6.45, 7) is 3.94. The van der Waals surface area contributed by atoms with Gasteiger partial charge >= 0.3 is 0 Å². The van der Waals surface area contributed by atoms with Crippen molar-refractivity contribution in [3.63, 3.8) is 0 Å². The SMILES string of the molecule is Cc1nc(N2CCCC3(CCc4cnc(N)nc43)C2)c2ccsc2n1. The Hall–Kier alpha value is -2.28. The van der Waals surface area contributed by atoms with Crippen LogP contribution < -0.4 is 10.6 Å². The van der Waals surface area contributed by atoms with Crippen molar-refractivity contribution < 1.29 is 0 Å². The van der Waals surface area contributed by atoms with Gasteiger partial charge < -0.3 is 10.6 Å². The van der Waals surface area contributed by atoms with Gasteiger partial charge in [-0.25, -0.2) is 19.9 Å². The van der Waals surface area contributed by atoms with Crippen molar-refractivity contribution in [2.45, 2.75) is 38.0 Å². The molecular weight excluding hydrogens is 332 g/mol. The van der Waals surface area contributed by atoms with Gasteiger partial charge in [0.05, 0.1) is 11.1 Å². The highest BCUT2D eigenvalue weighted by molar-refractivity contribution is 7.16. The molecule has 1 saturated heterocycles. The molecule has 3 aromatic rings. The second kappa shape index (κ2) is 5.36. The molecule has 128 valence electrons. The smallest absolute Gasteiger partial charge is 0.220 e. The molecule has 1 aliphatic heterocycles. The van der Waals surface area contributed by atoms with Gasteiger partial charge in [0.1, 0.15) is 16.5 Å². The molecular formula is C18H20N6S. The zero-order valence-electron chi connectivity index (χ0n) is 14.2. The van der Waals surface area contributed by atoms with Crippen LogP contribution in [0.15, 0.2) is 17.6 Å². The first-order chi connectivity index (χ1) is 12.1. The van der Waals surface area contributed by atoms with E-state index in [1.165, 1.54) is 5.56 Å². The number of anilines is 2. The zero-order chi connectivity index (χ0) is 17.0. The molecule has 0 radical (unpaired) electrons. The monoisotopic (exact) mass is 352 g/mol. The lowest BCUT2D eigenvalue weighted by molar-refractivity contribution is 0.334. The Morgan fingerprint density at radius 2 is 2.16 bits per heavy atom. The first-order valence-electron chi connectivity index (χ1n) is 8.73. The number of nitrogens with two attached hydrogens (primary N) is 1. The van der Waals surface area contributed by atoms with Gasteiger partial charge in [-0.15, -0.1) is 11.3 Å². The van der Waals surface area contributed by atoms with E-state index >= 15 is 0 Å². The van der Waals surface area contributed by atoms with E-state index in [4.69, 9.17) is 10.7 Å². The van der Waals surface area contributed by atoms with Gasteiger partial charge in [0.25, 0.3) is 0 Å². The van der Waals surface area contributed by atoms with Gasteiger partial charge in [0.15, 0.2) is 0 Å². The number of rotatable bonds is 1. The summed E-state index contributed by atoms with van der Waals surface area (Å²) in [5.74, 6) is 2.29. The van der Waals surface area contributed by atoms with Crippen LogP contribution in [0.5, 0.6) is 0 Å². The third kappa shape index (κ3) is 2.29. The maximum atomic E-state index is 5.89. The highest BCUT2D eigenvalue weighted by Crippen LogP contribution is 2.45. The van der Waals surface area contributed by atoms with E-state index < -0.39 is 0 Å². The van der Waals surface area contributed by atoms with Crippen molar-refractivity contribution in [1.82, 2.24) is 19.9 Å². The van der Waals surface area contributed by atoms with Gasteiger partial charge in [-0.05, 0) is 49.6 Å². The van der Waals surface area contributed by atoms with Crippen molar-refractivity contribution in [1.29, 1.82) is 0 Å². The van der Waals surface area contributed by atoms with E-state index in [2.05, 4.69) is 31.3 Å². The highest BCUT2D eigenvalue weighted by atomic mass is 32.1. The van der Waals surface area contributed by atoms with Gasteiger partial charge in [0, 0.05) is 24.7 Å². The molecule has 0 amide bonds. The summed E-state index contributed by atoms with van der Waals surface area (Å²) in [6, 6.07) is 2.14. The van der Waals surface area contributed by atoms with Crippen LogP contribution in [0.2, 0.25) is 0 Å². The Kier molecular flexibility index (Phi) is 3.22. The molecule has 7 heteroatoms. The van der Waals surface area contributed by atoms with Gasteiger partial charge in [-0.1, -0.05) is 0 Å². The summed E-state index contributed by atoms with van der Waals surface area (Å²) < 4.78 is 0. The molecule has 3 aromatic heterocycles. The Morgan fingerprint density at radius 1 is 1.24 bits per heavy atom. The number of hydrogen-bond donors (Lipinski definition) is 1. The highest BCUT2D eigenvalue weighted by Gasteiger charge is 2.44. The zero-order valence-corrected chi connectivity index (χ0v) is 15.0. The van der Waals surface area contributed by atoms with Gasteiger partial charge in [0.2, 0.25) is 5.95 Å². The average molecular weight is 352 g/mol. The lowest BCUT2D eigenvalue weighted by atomic mass is 9.77. The van der Waals surface area contributed by atoms with Gasteiger partial charge in [-0.2, -0.15) is 0 Å². The fraction of sp³-hybridized carbons (Fsp3) is 0.444. The summed E-state index contributed by atoms with van der Waals surface area (Å²) >= 11 is 1.68. The molecule has 4 heterocycles. The first kappa shape index (κ1) is 15.0. The molecule has 1 aliphatic carbocycles. The molecule has 6 nitrogen and oxygen atoms in total. The van der Waals surface area contributed by atoms with Crippen molar-refractivity contribution >= 4 is 33.3 Å². The van der Waals surface area contributed by atoms with E-state index in [-0.39, 0.29) is 5.41 Å². The fourth-order valence-electron chi connectivity index (χ4n) is 4.45. The quantitative estimate of drug-likeness (QED) is 0.725. The number of thiophene rings is 1. The van der Waals surface area contributed by atoms with Crippen molar-refractivity contribution in [3.8, 4) is 0 Å². The molecule has 5 rings (SSSR count). The van der Waals surface area contributed by atoms with Crippen LogP contribution in [0.4, 0.5) is 11.8 Å². The van der Waals surface area contributed by atoms with Gasteiger partial charge in [-0.3, -0.25) is 0 Å². The Balaban J connectivity index is 1.58. The van der Waals surface area contributed by atoms with E-state index in [1.54, 1.807) is 11.3 Å². The summed E-state index contributed by atoms with van der Waals surface area (Å²) in [5, 5.41) is 3.26. The third-order valence-corrected chi connectivity index (χ3v) is 6.36. The maximum Gasteiger partial charge on any atom is 0.220 e. The van der Waals surface area contributed by atoms with E-state index in [9.17, 15) is 0 Å². The number of aromatic nitrogens is 4. The molecule has 1 unspecified atom stereocenters. The van der Waals surface area contributed by atoms with Crippen LogP contribution >= 0.6 is 11.3 Å². The molecule has 2 aliphatic rings. The average Bonchev–Trinajstić information content (AvgIpc) is 3.20. The Labute approximate surface area is 150 Å². The number of piperidine rings is 1. The Bertz CT molecular complexity index is 963. The number of fused-ring (bicyclic) bond motifs is 3. The number of hydrogen-bond acceptors (Lipinski definition) is 7. The number of nitrogen functional groups attached to an aromatic ring is 1. The minimum Gasteiger partial charge on any atom is -0.368 e. The summed E-state index contributed by atoms with van der Waals surface area (Å²) in [5.41, 5.74) is 8.39. The second-order valence-corrected chi connectivity index (χ2v) is 8.04. The molecule has 1 spiro atoms.